The molecule has 0 aliphatic rings. The molecule has 0 saturated heterocycles. The van der Waals surface area contributed by atoms with Gasteiger partial charge in [0.15, 0.2) is 0 Å². The van der Waals surface area contributed by atoms with Gasteiger partial charge >= 0.3 is 0 Å². The van der Waals surface area contributed by atoms with E-state index in [1.54, 1.807) is 13.8 Å². The number of halogens is 1. The Balaban J connectivity index is 4.15. The van der Waals surface area contributed by atoms with E-state index in [-0.39, 0.29) is 23.6 Å². The number of likely N-dealkylation sites (N-methyl/N-ethyl adjacent to an activating group) is 1. The number of alkyl halides is 1. The highest BCUT2D eigenvalue weighted by Crippen LogP contribution is 1.98. The Morgan fingerprint density at radius 2 is 1.79 bits per heavy atom. The maximum atomic E-state index is 11.7. The number of amides is 3. The Morgan fingerprint density at radius 3 is 2.32 bits per heavy atom. The van der Waals surface area contributed by atoms with Crippen LogP contribution in [0, 0.1) is 0 Å². The Hall–Kier alpha value is -1.30. The summed E-state index contributed by atoms with van der Waals surface area (Å²) in [5.74, 6) is -0.819. The van der Waals surface area contributed by atoms with E-state index in [9.17, 15) is 14.4 Å². The van der Waals surface area contributed by atoms with E-state index in [1.165, 1.54) is 0 Å². The van der Waals surface area contributed by atoms with Crippen LogP contribution in [0.3, 0.4) is 0 Å². The molecule has 19 heavy (non-hydrogen) atoms. The van der Waals surface area contributed by atoms with Crippen LogP contribution in [0.25, 0.3) is 0 Å². The van der Waals surface area contributed by atoms with Gasteiger partial charge in [0.1, 0.15) is 11.9 Å². The van der Waals surface area contributed by atoms with Gasteiger partial charge in [0.2, 0.25) is 17.7 Å². The van der Waals surface area contributed by atoms with Crippen molar-refractivity contribution in [3.05, 3.63) is 0 Å². The van der Waals surface area contributed by atoms with Crippen molar-refractivity contribution in [2.75, 3.05) is 19.0 Å². The van der Waals surface area contributed by atoms with Crippen molar-refractivity contribution < 1.29 is 14.4 Å². The molecule has 0 saturated carbocycles. The van der Waals surface area contributed by atoms with Crippen LogP contribution in [-0.4, -0.2) is 42.7 Å². The highest BCUT2D eigenvalue weighted by molar-refractivity contribution is 6.27. The molecule has 1 atom stereocenters. The van der Waals surface area contributed by atoms with E-state index in [1.807, 2.05) is 0 Å². The normalized spacial score (nSPS) is 11.5. The van der Waals surface area contributed by atoms with Crippen molar-refractivity contribution >= 4 is 29.3 Å². The zero-order valence-electron chi connectivity index (χ0n) is 11.4. The summed E-state index contributed by atoms with van der Waals surface area (Å²) in [5.41, 5.74) is 0. The number of carbonyl (C=O) groups excluding carboxylic acids is 3. The molecule has 0 heterocycles. The van der Waals surface area contributed by atoms with E-state index in [0.29, 0.717) is 32.4 Å². The average Bonchev–Trinajstić information content (AvgIpc) is 2.41. The molecule has 0 aromatic heterocycles. The lowest BCUT2D eigenvalue weighted by molar-refractivity contribution is -0.128. The first-order chi connectivity index (χ1) is 9.04. The second-order valence-electron chi connectivity index (χ2n) is 3.99. The Bertz CT molecular complexity index is 311. The third-order valence-electron chi connectivity index (χ3n) is 2.44. The molecule has 1 unspecified atom stereocenters. The molecule has 0 aromatic carbocycles. The SMILES string of the molecule is CCNC(=O)C(CCCNC(=O)CC)NC(=O)CCl. The minimum Gasteiger partial charge on any atom is -0.356 e. The van der Waals surface area contributed by atoms with Crippen LogP contribution in [-0.2, 0) is 14.4 Å². The number of nitrogens with one attached hydrogen (secondary N) is 3. The van der Waals surface area contributed by atoms with Gasteiger partial charge in [0.25, 0.3) is 0 Å². The van der Waals surface area contributed by atoms with Crippen LogP contribution in [0.5, 0.6) is 0 Å². The zero-order chi connectivity index (χ0) is 14.7. The first kappa shape index (κ1) is 17.7. The number of carbonyl (C=O) groups is 3. The standard InChI is InChI=1S/C12H22ClN3O3/c1-3-10(17)15-7-5-6-9(12(19)14-4-2)16-11(18)8-13/h9H,3-8H2,1-2H3,(H,14,19)(H,15,17)(H,16,18). The summed E-state index contributed by atoms with van der Waals surface area (Å²) in [6.07, 6.45) is 1.50. The topological polar surface area (TPSA) is 87.3 Å². The molecule has 0 aliphatic heterocycles. The summed E-state index contributed by atoms with van der Waals surface area (Å²) in [6, 6.07) is -0.607. The monoisotopic (exact) mass is 291 g/mol. The van der Waals surface area contributed by atoms with Crippen molar-refractivity contribution in [1.82, 2.24) is 16.0 Å². The molecular weight excluding hydrogens is 270 g/mol. The maximum Gasteiger partial charge on any atom is 0.242 e. The van der Waals surface area contributed by atoms with Crippen LogP contribution < -0.4 is 16.0 Å². The average molecular weight is 292 g/mol. The largest absolute Gasteiger partial charge is 0.356 e. The number of hydrogen-bond donors (Lipinski definition) is 3. The van der Waals surface area contributed by atoms with Crippen molar-refractivity contribution in [3.8, 4) is 0 Å². The fourth-order valence-electron chi connectivity index (χ4n) is 1.46. The van der Waals surface area contributed by atoms with Crippen molar-refractivity contribution in [2.45, 2.75) is 39.2 Å². The maximum absolute atomic E-state index is 11.7. The minimum atomic E-state index is -0.607. The molecule has 0 bridgehead atoms. The second-order valence-corrected chi connectivity index (χ2v) is 4.26. The highest BCUT2D eigenvalue weighted by Gasteiger charge is 2.19. The first-order valence-corrected chi connectivity index (χ1v) is 6.98. The van der Waals surface area contributed by atoms with Crippen molar-refractivity contribution in [2.24, 2.45) is 0 Å². The van der Waals surface area contributed by atoms with Crippen LogP contribution in [0.1, 0.15) is 33.1 Å². The lowest BCUT2D eigenvalue weighted by atomic mass is 10.1. The summed E-state index contributed by atoms with van der Waals surface area (Å²) >= 11 is 5.40. The predicted octanol–water partition coefficient (Wildman–Crippen LogP) is 0.153. The number of rotatable bonds is 9. The fraction of sp³-hybridized carbons (Fsp3) is 0.750. The summed E-state index contributed by atoms with van der Waals surface area (Å²) < 4.78 is 0. The predicted molar refractivity (Wildman–Crippen MR) is 73.9 cm³/mol. The quantitative estimate of drug-likeness (QED) is 0.417. The van der Waals surface area contributed by atoms with Gasteiger partial charge in [-0.3, -0.25) is 14.4 Å². The molecule has 0 radical (unpaired) electrons. The summed E-state index contributed by atoms with van der Waals surface area (Å²) in [4.78, 5) is 34.0. The van der Waals surface area contributed by atoms with Crippen molar-refractivity contribution in [3.63, 3.8) is 0 Å². The Labute approximate surface area is 118 Å². The van der Waals surface area contributed by atoms with Gasteiger partial charge in [-0.15, -0.1) is 11.6 Å². The molecule has 0 fully saturated rings. The van der Waals surface area contributed by atoms with E-state index in [4.69, 9.17) is 11.6 Å². The van der Waals surface area contributed by atoms with E-state index < -0.39 is 6.04 Å². The third-order valence-corrected chi connectivity index (χ3v) is 2.68. The number of hydrogen-bond acceptors (Lipinski definition) is 3. The highest BCUT2D eigenvalue weighted by atomic mass is 35.5. The zero-order valence-corrected chi connectivity index (χ0v) is 12.2. The molecular formula is C12H22ClN3O3. The van der Waals surface area contributed by atoms with Crippen molar-refractivity contribution in [1.29, 1.82) is 0 Å². The first-order valence-electron chi connectivity index (χ1n) is 6.44. The molecule has 0 spiro atoms. The van der Waals surface area contributed by atoms with Crippen LogP contribution in [0.4, 0.5) is 0 Å². The van der Waals surface area contributed by atoms with Crippen LogP contribution in [0.15, 0.2) is 0 Å². The van der Waals surface area contributed by atoms with Crippen LogP contribution in [0.2, 0.25) is 0 Å². The van der Waals surface area contributed by atoms with E-state index in [0.717, 1.165) is 0 Å². The summed E-state index contributed by atoms with van der Waals surface area (Å²) in [5, 5.41) is 7.93. The molecule has 3 amide bonds. The molecule has 6 nitrogen and oxygen atoms in total. The lowest BCUT2D eigenvalue weighted by Crippen LogP contribution is -2.47. The molecule has 110 valence electrons. The van der Waals surface area contributed by atoms with Gasteiger partial charge in [-0.2, -0.15) is 0 Å². The third kappa shape index (κ3) is 8.42. The van der Waals surface area contributed by atoms with Gasteiger partial charge in [0.05, 0.1) is 0 Å². The molecule has 0 aromatic rings. The van der Waals surface area contributed by atoms with E-state index in [2.05, 4.69) is 16.0 Å². The second kappa shape index (κ2) is 10.6. The fourth-order valence-corrected chi connectivity index (χ4v) is 1.54. The smallest absolute Gasteiger partial charge is 0.242 e. The molecule has 0 aliphatic carbocycles. The Kier molecular flexibility index (Phi) is 9.88. The van der Waals surface area contributed by atoms with Gasteiger partial charge in [-0.05, 0) is 19.8 Å². The lowest BCUT2D eigenvalue weighted by Gasteiger charge is -2.17. The van der Waals surface area contributed by atoms with Gasteiger partial charge in [0, 0.05) is 19.5 Å². The minimum absolute atomic E-state index is 0.0284. The molecule has 0 rings (SSSR count). The Morgan fingerprint density at radius 1 is 1.11 bits per heavy atom. The summed E-state index contributed by atoms with van der Waals surface area (Å²) in [6.45, 7) is 4.56. The van der Waals surface area contributed by atoms with Gasteiger partial charge in [-0.25, -0.2) is 0 Å². The van der Waals surface area contributed by atoms with Gasteiger partial charge < -0.3 is 16.0 Å². The molecule has 7 heteroatoms. The summed E-state index contributed by atoms with van der Waals surface area (Å²) in [7, 11) is 0. The molecule has 3 N–H and O–H groups in total. The van der Waals surface area contributed by atoms with Crippen LogP contribution >= 0.6 is 11.6 Å². The van der Waals surface area contributed by atoms with Gasteiger partial charge in [-0.1, -0.05) is 6.92 Å². The van der Waals surface area contributed by atoms with E-state index >= 15 is 0 Å².